The number of benzene rings is 3. The van der Waals surface area contributed by atoms with Crippen molar-refractivity contribution >= 4 is 26.5 Å². The fraction of sp³-hybridized carbons (Fsp3) is 0.111. The molecule has 0 fully saturated rings. The summed E-state index contributed by atoms with van der Waals surface area (Å²) in [7, 11) is -3.82. The quantitative estimate of drug-likeness (QED) is 0.793. The van der Waals surface area contributed by atoms with Gasteiger partial charge in [0, 0.05) is 5.39 Å². The van der Waals surface area contributed by atoms with Crippen molar-refractivity contribution in [3.8, 4) is 0 Å². The summed E-state index contributed by atoms with van der Waals surface area (Å²) in [5.74, 6) is -0.576. The number of rotatable bonds is 3. The van der Waals surface area contributed by atoms with Gasteiger partial charge in [-0.3, -0.25) is 4.72 Å². The zero-order valence-electron chi connectivity index (χ0n) is 12.2. The molecule has 1 aliphatic rings. The highest BCUT2D eigenvalue weighted by molar-refractivity contribution is 7.92. The third-order valence-corrected chi connectivity index (χ3v) is 5.59. The Kier molecular flexibility index (Phi) is 3.13. The lowest BCUT2D eigenvalue weighted by Crippen LogP contribution is -2.13. The monoisotopic (exact) mass is 327 g/mol. The van der Waals surface area contributed by atoms with Gasteiger partial charge in [-0.2, -0.15) is 0 Å². The molecule has 0 radical (unpaired) electrons. The Balaban J connectivity index is 1.82. The first kappa shape index (κ1) is 14.2. The molecule has 0 spiro atoms. The van der Waals surface area contributed by atoms with Crippen LogP contribution in [0.3, 0.4) is 0 Å². The van der Waals surface area contributed by atoms with Crippen molar-refractivity contribution in [3.63, 3.8) is 0 Å². The molecule has 4 rings (SSSR count). The summed E-state index contributed by atoms with van der Waals surface area (Å²) in [6.45, 7) is 0. The van der Waals surface area contributed by atoms with Gasteiger partial charge in [-0.15, -0.1) is 0 Å². The van der Waals surface area contributed by atoms with Crippen molar-refractivity contribution in [2.75, 3.05) is 4.72 Å². The number of halogens is 1. The summed E-state index contributed by atoms with van der Waals surface area (Å²) in [5.41, 5.74) is 3.00. The summed E-state index contributed by atoms with van der Waals surface area (Å²) in [6.07, 6.45) is 1.96. The zero-order chi connectivity index (χ0) is 16.0. The molecule has 0 saturated heterocycles. The van der Waals surface area contributed by atoms with Gasteiger partial charge in [-0.25, -0.2) is 12.8 Å². The van der Waals surface area contributed by atoms with E-state index in [2.05, 4.69) is 10.8 Å². The molecule has 0 bridgehead atoms. The number of sulfonamides is 1. The topological polar surface area (TPSA) is 46.2 Å². The normalized spacial score (nSPS) is 13.4. The molecular formula is C18H14FNO2S. The molecule has 0 aliphatic heterocycles. The molecule has 23 heavy (non-hydrogen) atoms. The average Bonchev–Trinajstić information content (AvgIpc) is 2.95. The van der Waals surface area contributed by atoms with E-state index in [0.717, 1.165) is 29.7 Å². The van der Waals surface area contributed by atoms with E-state index in [4.69, 9.17) is 0 Å². The molecule has 1 aliphatic carbocycles. The van der Waals surface area contributed by atoms with Gasteiger partial charge in [0.15, 0.2) is 0 Å². The van der Waals surface area contributed by atoms with Crippen LogP contribution in [0.2, 0.25) is 0 Å². The minimum Gasteiger partial charge on any atom is -0.279 e. The standard InChI is InChI=1S/C18H14FNO2S/c19-14-4-2-5-15(11-14)23(21,22)20-17-10-9-13-8-7-12-3-1-6-16(17)18(12)13/h1-6,9-11,20H,7-8H2. The highest BCUT2D eigenvalue weighted by Crippen LogP contribution is 2.35. The first-order valence-electron chi connectivity index (χ1n) is 7.36. The first-order valence-corrected chi connectivity index (χ1v) is 8.85. The molecular weight excluding hydrogens is 313 g/mol. The van der Waals surface area contributed by atoms with Crippen LogP contribution in [0.5, 0.6) is 0 Å². The third-order valence-electron chi connectivity index (χ3n) is 4.23. The van der Waals surface area contributed by atoms with Crippen LogP contribution in [0.1, 0.15) is 11.1 Å². The van der Waals surface area contributed by atoms with Gasteiger partial charge in [0.25, 0.3) is 10.0 Å². The van der Waals surface area contributed by atoms with Crippen molar-refractivity contribution in [1.29, 1.82) is 0 Å². The van der Waals surface area contributed by atoms with E-state index in [0.29, 0.717) is 5.69 Å². The Labute approximate surface area is 133 Å². The Morgan fingerprint density at radius 2 is 1.65 bits per heavy atom. The maximum Gasteiger partial charge on any atom is 0.262 e. The van der Waals surface area contributed by atoms with Crippen molar-refractivity contribution in [3.05, 3.63) is 71.5 Å². The Hall–Kier alpha value is -2.40. The van der Waals surface area contributed by atoms with Crippen LogP contribution in [-0.4, -0.2) is 8.42 Å². The molecule has 0 unspecified atom stereocenters. The second kappa shape index (κ2) is 5.06. The average molecular weight is 327 g/mol. The van der Waals surface area contributed by atoms with E-state index in [1.165, 1.54) is 29.3 Å². The second-order valence-electron chi connectivity index (χ2n) is 5.67. The molecule has 3 nitrogen and oxygen atoms in total. The van der Waals surface area contributed by atoms with Crippen LogP contribution >= 0.6 is 0 Å². The molecule has 3 aromatic rings. The van der Waals surface area contributed by atoms with Crippen molar-refractivity contribution in [1.82, 2.24) is 0 Å². The number of anilines is 1. The van der Waals surface area contributed by atoms with E-state index in [-0.39, 0.29) is 4.90 Å². The SMILES string of the molecule is O=S(=O)(Nc1ccc2c3c(cccc13)CC2)c1cccc(F)c1. The van der Waals surface area contributed by atoms with Crippen molar-refractivity contribution in [2.24, 2.45) is 0 Å². The first-order chi connectivity index (χ1) is 11.0. The van der Waals surface area contributed by atoms with Gasteiger partial charge in [-0.1, -0.05) is 30.3 Å². The van der Waals surface area contributed by atoms with E-state index >= 15 is 0 Å². The summed E-state index contributed by atoms with van der Waals surface area (Å²) >= 11 is 0. The van der Waals surface area contributed by atoms with Gasteiger partial charge in [-0.05, 0) is 53.6 Å². The van der Waals surface area contributed by atoms with Crippen LogP contribution in [0.4, 0.5) is 10.1 Å². The molecule has 0 saturated carbocycles. The third kappa shape index (κ3) is 2.37. The van der Waals surface area contributed by atoms with Crippen LogP contribution in [-0.2, 0) is 22.9 Å². The largest absolute Gasteiger partial charge is 0.279 e. The lowest BCUT2D eigenvalue weighted by molar-refractivity contribution is 0.595. The summed E-state index contributed by atoms with van der Waals surface area (Å²) < 4.78 is 40.9. The molecule has 1 N–H and O–H groups in total. The van der Waals surface area contributed by atoms with Crippen LogP contribution < -0.4 is 4.72 Å². The summed E-state index contributed by atoms with van der Waals surface area (Å²) in [5, 5.41) is 2.02. The molecule has 0 atom stereocenters. The van der Waals surface area contributed by atoms with E-state index in [1.807, 2.05) is 18.2 Å². The van der Waals surface area contributed by atoms with E-state index in [1.54, 1.807) is 6.07 Å². The van der Waals surface area contributed by atoms with Crippen molar-refractivity contribution in [2.45, 2.75) is 17.7 Å². The summed E-state index contributed by atoms with van der Waals surface area (Å²) in [4.78, 5) is -0.0826. The fourth-order valence-corrected chi connectivity index (χ4v) is 4.28. The maximum atomic E-state index is 13.3. The second-order valence-corrected chi connectivity index (χ2v) is 7.36. The van der Waals surface area contributed by atoms with Crippen LogP contribution in [0, 0.1) is 5.82 Å². The maximum absolute atomic E-state index is 13.3. The number of nitrogens with one attached hydrogen (secondary N) is 1. The van der Waals surface area contributed by atoms with Gasteiger partial charge in [0.2, 0.25) is 0 Å². The van der Waals surface area contributed by atoms with Gasteiger partial charge < -0.3 is 0 Å². The molecule has 116 valence electrons. The molecule has 5 heteroatoms. The highest BCUT2D eigenvalue weighted by Gasteiger charge is 2.19. The predicted molar refractivity (Wildman–Crippen MR) is 88.6 cm³/mol. The van der Waals surface area contributed by atoms with Gasteiger partial charge in [0.1, 0.15) is 5.82 Å². The molecule has 0 heterocycles. The van der Waals surface area contributed by atoms with E-state index in [9.17, 15) is 12.8 Å². The molecule has 3 aromatic carbocycles. The summed E-state index contributed by atoms with van der Waals surface area (Å²) in [6, 6.07) is 14.7. The Morgan fingerprint density at radius 1 is 0.913 bits per heavy atom. The minimum absolute atomic E-state index is 0.0826. The van der Waals surface area contributed by atoms with Gasteiger partial charge in [0.05, 0.1) is 10.6 Å². The smallest absolute Gasteiger partial charge is 0.262 e. The molecule has 0 amide bonds. The highest BCUT2D eigenvalue weighted by atomic mass is 32.2. The van der Waals surface area contributed by atoms with E-state index < -0.39 is 15.8 Å². The van der Waals surface area contributed by atoms with Crippen molar-refractivity contribution < 1.29 is 12.8 Å². The fourth-order valence-electron chi connectivity index (χ4n) is 3.17. The lowest BCUT2D eigenvalue weighted by Gasteiger charge is -2.12. The van der Waals surface area contributed by atoms with Crippen LogP contribution in [0.25, 0.3) is 10.8 Å². The minimum atomic E-state index is -3.82. The molecule has 0 aromatic heterocycles. The lowest BCUT2D eigenvalue weighted by atomic mass is 10.0. The number of hydrogen-bond acceptors (Lipinski definition) is 2. The Bertz CT molecular complexity index is 1020. The zero-order valence-corrected chi connectivity index (χ0v) is 13.0. The van der Waals surface area contributed by atoms with Gasteiger partial charge >= 0.3 is 0 Å². The number of aryl methyl sites for hydroxylation is 2. The van der Waals surface area contributed by atoms with Crippen LogP contribution in [0.15, 0.2) is 59.5 Å². The number of hydrogen-bond donors (Lipinski definition) is 1. The predicted octanol–water partition coefficient (Wildman–Crippen LogP) is 3.88. The Morgan fingerprint density at radius 3 is 2.43 bits per heavy atom.